The number of aliphatic hydroxyl groups is 24. The summed E-state index contributed by atoms with van der Waals surface area (Å²) in [7, 11) is 0. The van der Waals surface area contributed by atoms with E-state index in [9.17, 15) is 147 Å². The third-order valence-electron chi connectivity index (χ3n) is 21.6. The van der Waals surface area contributed by atoms with Crippen molar-refractivity contribution in [1.82, 2.24) is 21.3 Å². The standard InChI is InChI=1S/C66H110N4O47/c1-17-23(83)7-66(101-16-78,117-51(17)36(85)24(84)8-71)100-15-31-40(89)45(94)48(97)61(108-31)110-53-29(13-76)107-60(35(44(53)93)70-22(6)82)114-57-47(96)39(88)27(11-74)105-65(57)116-63-50(99)55(112-64-56(46(95)38(87)26(10-73)104-64)113-58-33(68-20(4)80)41(90)37(86)25(9-72)103-58)49(98)62(115-63)111-54-30(14-77)106-59(34(43(54)92)69-21(5)81)109-52-28(12-75)102-18(2)32(42(52)91)67-19(3)79/h16-18,23-65,71-77,83-99H,7-15H2,1-6H3,(H,67,79)(H,68,80)(H,69,81)(H,70,82)/t17-,18+,23-,24-,25?,26-,27?,28?,29+,30?,31?,32?,33?,34?,35?,36-,37-,38-,39-,40+,41-,42-,43-,44?,45+,46?,47+,48?,49?,50+,51?,52-,53-,54-,55-,56?,57?,58+,59+,60+,61+,62-,63?,64-,65-,66+/m1/s1. The molecule has 0 aromatic carbocycles. The lowest BCUT2D eigenvalue weighted by Gasteiger charge is -2.51. The molecule has 9 heterocycles. The van der Waals surface area contributed by atoms with E-state index in [0.29, 0.717) is 0 Å². The van der Waals surface area contributed by atoms with Crippen molar-refractivity contribution in [2.75, 3.05) is 52.9 Å². The summed E-state index contributed by atoms with van der Waals surface area (Å²) in [6.07, 6.45) is -84.8. The van der Waals surface area contributed by atoms with Crippen LogP contribution < -0.4 is 21.3 Å². The number of rotatable bonds is 32. The highest BCUT2D eigenvalue weighted by Gasteiger charge is 2.62. The molecule has 28 N–H and O–H groups in total. The maximum atomic E-state index is 13.2. The van der Waals surface area contributed by atoms with Crippen molar-refractivity contribution in [3.8, 4) is 0 Å². The average molecular weight is 1710 g/mol. The van der Waals surface area contributed by atoms with Crippen LogP contribution >= 0.6 is 0 Å². The van der Waals surface area contributed by atoms with Gasteiger partial charge in [0.25, 0.3) is 6.47 Å². The lowest BCUT2D eigenvalue weighted by molar-refractivity contribution is -0.433. The SMILES string of the molecule is CC(=O)NC1C(O)[C@H](O[C@@H]2OC(CO[C@]3(OC=O)C[C@@H](O)[C@@H](C)C([C@H](O)[C@H](O)CO)O3)[C@H](O)[C@H](O)C2O)[C@H](CO)O[C@H]1OC1[C@@H](OC2O[C@@H](O[C@@H]3C(CO)O[C@@H](O[C@@H]4C(CO)O[C@@H](C)C(NC(C)=O)[C@H]4O)C(NC(C)=O)[C@H]3O)C(O)[C@@H](O[C@H]3O[C@H](CO)[C@@H](O)C(O)C3O[C@@H]3OC(CO)[C@@H](O)[C@H](O)C3NC(C)=O)[C@@H]2O)OC(CO)[C@@H](O)[C@@H]1O. The molecule has 9 saturated heterocycles. The third-order valence-corrected chi connectivity index (χ3v) is 21.6. The molecule has 51 heteroatoms. The van der Waals surface area contributed by atoms with Gasteiger partial charge in [-0.15, -0.1) is 0 Å². The van der Waals surface area contributed by atoms with E-state index in [1.807, 2.05) is 0 Å². The number of nitrogens with one attached hydrogen (secondary N) is 4. The molecular formula is C66H110N4O47. The molecule has 0 radical (unpaired) electrons. The predicted octanol–water partition coefficient (Wildman–Crippen LogP) is -18.5. The Kier molecular flexibility index (Phi) is 34.6. The van der Waals surface area contributed by atoms with E-state index in [-0.39, 0.29) is 6.47 Å². The van der Waals surface area contributed by atoms with Crippen LogP contribution in [0.4, 0.5) is 0 Å². The van der Waals surface area contributed by atoms with Crippen molar-refractivity contribution in [1.29, 1.82) is 0 Å². The van der Waals surface area contributed by atoms with E-state index in [0.717, 1.165) is 27.7 Å². The summed E-state index contributed by atoms with van der Waals surface area (Å²) in [5, 5.41) is 279. The number of carbonyl (C=O) groups excluding carboxylic acids is 5. The molecule has 0 aliphatic carbocycles. The molecule has 0 spiro atoms. The van der Waals surface area contributed by atoms with E-state index >= 15 is 0 Å². The first-order valence-electron chi connectivity index (χ1n) is 37.4. The number of hydrogen-bond acceptors (Lipinski definition) is 47. The number of ether oxygens (including phenoxy) is 18. The molecule has 46 atom stereocenters. The minimum Gasteiger partial charge on any atom is -0.410 e. The van der Waals surface area contributed by atoms with Crippen LogP contribution in [-0.2, 0) is 109 Å². The quantitative estimate of drug-likeness (QED) is 0.0220. The molecule has 51 nitrogen and oxygen atoms in total. The maximum absolute atomic E-state index is 13.2. The Labute approximate surface area is 664 Å². The van der Waals surface area contributed by atoms with Gasteiger partial charge in [0.1, 0.15) is 195 Å². The van der Waals surface area contributed by atoms with Gasteiger partial charge in [0.2, 0.25) is 23.6 Å². The molecule has 0 aromatic rings. The topological polar surface area (TPSA) is 785 Å². The third kappa shape index (κ3) is 21.6. The van der Waals surface area contributed by atoms with Crippen molar-refractivity contribution >= 4 is 30.1 Å². The fraction of sp³-hybridized carbons (Fsp3) is 0.924. The van der Waals surface area contributed by atoms with Crippen LogP contribution in [0.2, 0.25) is 0 Å². The highest BCUT2D eigenvalue weighted by molar-refractivity contribution is 5.74. The zero-order valence-electron chi connectivity index (χ0n) is 63.5. The molecule has 9 aliphatic rings. The van der Waals surface area contributed by atoms with Crippen LogP contribution in [0.1, 0.15) is 48.0 Å². The Balaban J connectivity index is 1.04. The number of carbonyl (C=O) groups is 5. The highest BCUT2D eigenvalue weighted by Crippen LogP contribution is 2.42. The van der Waals surface area contributed by atoms with Crippen LogP contribution in [0, 0.1) is 5.92 Å². The maximum Gasteiger partial charge on any atom is 0.332 e. The highest BCUT2D eigenvalue weighted by atomic mass is 16.9. The minimum atomic E-state index is -2.67. The fourth-order valence-electron chi connectivity index (χ4n) is 15.2. The first kappa shape index (κ1) is 96.5. The van der Waals surface area contributed by atoms with Crippen LogP contribution in [0.3, 0.4) is 0 Å². The van der Waals surface area contributed by atoms with E-state index in [1.54, 1.807) is 0 Å². The number of aliphatic hydroxyl groups excluding tert-OH is 24. The summed E-state index contributed by atoms with van der Waals surface area (Å²) in [4.78, 5) is 62.9. The van der Waals surface area contributed by atoms with Gasteiger partial charge in [0.05, 0.1) is 83.6 Å². The zero-order chi connectivity index (χ0) is 86.4. The van der Waals surface area contributed by atoms with Gasteiger partial charge in [-0.1, -0.05) is 6.92 Å². The second kappa shape index (κ2) is 41.9. The van der Waals surface area contributed by atoms with Gasteiger partial charge in [0, 0.05) is 33.6 Å². The minimum absolute atomic E-state index is 0.191. The summed E-state index contributed by atoms with van der Waals surface area (Å²) < 4.78 is 107. The Hall–Kier alpha value is -4.29. The molecule has 0 bridgehead atoms. The van der Waals surface area contributed by atoms with Crippen LogP contribution in [0.5, 0.6) is 0 Å². The normalized spacial score (nSPS) is 47.8. The molecule has 0 saturated carbocycles. The molecular weight excluding hydrogens is 1600 g/mol. The first-order valence-corrected chi connectivity index (χ1v) is 37.4. The van der Waals surface area contributed by atoms with Crippen LogP contribution in [0.15, 0.2) is 0 Å². The molecule has 676 valence electrons. The molecule has 117 heavy (non-hydrogen) atoms. The molecule has 9 fully saturated rings. The predicted molar refractivity (Wildman–Crippen MR) is 362 cm³/mol. The Morgan fingerprint density at radius 3 is 1.15 bits per heavy atom. The summed E-state index contributed by atoms with van der Waals surface area (Å²) in [5.41, 5.74) is 0. The van der Waals surface area contributed by atoms with Gasteiger partial charge in [-0.3, -0.25) is 24.0 Å². The number of hydrogen-bond donors (Lipinski definition) is 28. The summed E-state index contributed by atoms with van der Waals surface area (Å²) in [5.74, 6) is -7.16. The number of amides is 4. The fourth-order valence-corrected chi connectivity index (χ4v) is 15.2. The molecule has 9 rings (SSSR count). The molecule has 17 unspecified atom stereocenters. The van der Waals surface area contributed by atoms with Crippen LogP contribution in [0.25, 0.3) is 0 Å². The van der Waals surface area contributed by atoms with Crippen molar-refractivity contribution in [2.45, 2.75) is 324 Å². The lowest BCUT2D eigenvalue weighted by Crippen LogP contribution is -2.71. The summed E-state index contributed by atoms with van der Waals surface area (Å²) in [6, 6.07) is -7.00. The largest absolute Gasteiger partial charge is 0.410 e. The van der Waals surface area contributed by atoms with Gasteiger partial charge in [-0.2, -0.15) is 0 Å². The lowest BCUT2D eigenvalue weighted by atomic mass is 9.87. The van der Waals surface area contributed by atoms with Gasteiger partial charge >= 0.3 is 5.97 Å². The Morgan fingerprint density at radius 2 is 0.718 bits per heavy atom. The van der Waals surface area contributed by atoms with Gasteiger partial charge < -0.3 is 229 Å². The van der Waals surface area contributed by atoms with Crippen molar-refractivity contribution in [3.05, 3.63) is 0 Å². The van der Waals surface area contributed by atoms with E-state index in [2.05, 4.69) is 21.3 Å². The van der Waals surface area contributed by atoms with Gasteiger partial charge in [0.15, 0.2) is 50.3 Å². The smallest absolute Gasteiger partial charge is 0.332 e. The second-order valence-corrected chi connectivity index (χ2v) is 29.8. The van der Waals surface area contributed by atoms with Crippen molar-refractivity contribution in [2.24, 2.45) is 5.92 Å². The average Bonchev–Trinajstić information content (AvgIpc) is 0.762. The van der Waals surface area contributed by atoms with Crippen LogP contribution in [-0.4, -0.2) is 481 Å². The van der Waals surface area contributed by atoms with E-state index < -0.39 is 365 Å². The summed E-state index contributed by atoms with van der Waals surface area (Å²) >= 11 is 0. The zero-order valence-corrected chi connectivity index (χ0v) is 63.5. The summed E-state index contributed by atoms with van der Waals surface area (Å²) in [6.45, 7) is -2.15. The Bertz CT molecular complexity index is 3160. The second-order valence-electron chi connectivity index (χ2n) is 29.8. The van der Waals surface area contributed by atoms with Gasteiger partial charge in [-0.25, -0.2) is 0 Å². The molecule has 0 aromatic heterocycles. The van der Waals surface area contributed by atoms with E-state index in [4.69, 9.17) is 85.3 Å². The van der Waals surface area contributed by atoms with Crippen molar-refractivity contribution < 1.29 is 232 Å². The first-order chi connectivity index (χ1) is 55.3. The van der Waals surface area contributed by atoms with Crippen molar-refractivity contribution in [3.63, 3.8) is 0 Å². The van der Waals surface area contributed by atoms with E-state index in [1.165, 1.54) is 13.8 Å². The van der Waals surface area contributed by atoms with Gasteiger partial charge in [-0.05, 0) is 6.92 Å². The Morgan fingerprint density at radius 1 is 0.376 bits per heavy atom. The molecule has 9 aliphatic heterocycles. The molecule has 4 amide bonds. The monoisotopic (exact) mass is 1710 g/mol.